The normalized spacial score (nSPS) is 11.0. The van der Waals surface area contributed by atoms with Gasteiger partial charge in [-0.05, 0) is 197 Å². The molecule has 0 saturated carbocycles. The third kappa shape index (κ3) is 18.9. The molecule has 24 aromatic rings. The fraction of sp³-hybridized carbons (Fsp3) is 0. The minimum absolute atomic E-state index is 0.947. The SMILES string of the molecule is c1ccc(-c2cc(-c3ccccc3)nc(-c3ccc(-c4cc(-c5ccccc5)nc5ccc(-c6ccccc6)cc45)cc3)c2)cc1.c1ccc(-c2ccc3nc(-c4ccccc4)cc(-c4ccc(-c5cc(-c6ccccc6)nc(-c6ccccc6)c5)cc4)c3c2)cc1.c1ccc(-c2ccc3nc(-c4ccccc4)cc(-c4cccc(-c5cc(-c6ccccc6)nc(-c6ccccc6)c5)c4)c3c2)cc1. The number of fused-ring (bicyclic) bond motifs is 3. The smallest absolute Gasteiger partial charge is 0.0716 e. The predicted octanol–water partition coefficient (Wildman–Crippen LogP) is 34.9. The molecule has 0 unspecified atom stereocenters. The molecule has 0 aliphatic heterocycles. The van der Waals surface area contributed by atoms with Gasteiger partial charge in [-0.25, -0.2) is 29.9 Å². The standard InChI is InChI=1S/3C44H30N2/c1-5-14-31(15-6-1)36-24-25-41-40(27-36)39(30-44(45-41)34-20-11-4-12-21-34)37-23-13-22-35(26-37)38-28-42(32-16-7-2-8-17-32)46-43(29-38)33-18-9-3-10-19-33;1-5-13-31(14-6-1)37-25-26-41-40(27-37)39(30-44(45-41)36-19-11-4-12-20-36)33-23-21-32(22-24-33)38-28-42(34-15-7-2-8-16-34)46-43(29-38)35-17-9-3-10-18-35;1-5-13-31(14-6-1)37-25-26-41-40(27-37)39(30-44(45-41)35-19-11-4-12-20-35)33-21-23-36(24-22-33)43-29-38(32-15-7-2-8-16-32)28-42(46-43)34-17-9-3-10-18-34/h3*1-30H. The summed E-state index contributed by atoms with van der Waals surface area (Å²) >= 11 is 0. The van der Waals surface area contributed by atoms with Gasteiger partial charge < -0.3 is 0 Å². The van der Waals surface area contributed by atoms with Crippen LogP contribution < -0.4 is 0 Å². The van der Waals surface area contributed by atoms with Crippen LogP contribution in [0.3, 0.4) is 0 Å². The summed E-state index contributed by atoms with van der Waals surface area (Å²) < 4.78 is 0. The Kier molecular flexibility index (Phi) is 24.4. The Morgan fingerprint density at radius 3 is 0.500 bits per heavy atom. The van der Waals surface area contributed by atoms with Crippen LogP contribution in [0, 0.1) is 0 Å². The first-order chi connectivity index (χ1) is 68.3. The molecular formula is C132H90N6. The Morgan fingerprint density at radius 1 is 0.0870 bits per heavy atom. The van der Waals surface area contributed by atoms with E-state index in [1.807, 2.05) is 48.5 Å². The van der Waals surface area contributed by atoms with E-state index in [1.54, 1.807) is 0 Å². The molecule has 6 aromatic heterocycles. The molecule has 24 rings (SSSR count). The second-order valence-corrected chi connectivity index (χ2v) is 34.4. The van der Waals surface area contributed by atoms with Crippen LogP contribution in [0.25, 0.3) is 234 Å². The van der Waals surface area contributed by atoms with E-state index >= 15 is 0 Å². The molecule has 0 amide bonds. The first-order valence-corrected chi connectivity index (χ1v) is 46.7. The monoisotopic (exact) mass is 1760 g/mol. The highest BCUT2D eigenvalue weighted by molar-refractivity contribution is 6.03. The molecule has 138 heavy (non-hydrogen) atoms. The number of aromatic nitrogens is 6. The van der Waals surface area contributed by atoms with Crippen molar-refractivity contribution >= 4 is 32.7 Å². The Hall–Kier alpha value is -18.4. The maximum absolute atomic E-state index is 5.14. The number of nitrogens with zero attached hydrogens (tertiary/aromatic N) is 6. The number of pyridine rings is 6. The summed E-state index contributed by atoms with van der Waals surface area (Å²) in [7, 11) is 0. The third-order valence-corrected chi connectivity index (χ3v) is 25.4. The molecule has 18 aromatic carbocycles. The van der Waals surface area contributed by atoms with Gasteiger partial charge in [-0.1, -0.05) is 449 Å². The second kappa shape index (κ2) is 39.6. The molecule has 0 atom stereocenters. The molecule has 0 radical (unpaired) electrons. The summed E-state index contributed by atoms with van der Waals surface area (Å²) in [4.78, 5) is 30.6. The Balaban J connectivity index is 0.000000119. The molecule has 0 aliphatic carbocycles. The highest BCUT2D eigenvalue weighted by atomic mass is 14.7. The van der Waals surface area contributed by atoms with Crippen LogP contribution in [0.2, 0.25) is 0 Å². The lowest BCUT2D eigenvalue weighted by molar-refractivity contribution is 1.32. The zero-order valence-corrected chi connectivity index (χ0v) is 75.6. The zero-order valence-electron chi connectivity index (χ0n) is 75.6. The predicted molar refractivity (Wildman–Crippen MR) is 576 cm³/mol. The van der Waals surface area contributed by atoms with Crippen LogP contribution in [-0.4, -0.2) is 29.9 Å². The molecule has 6 nitrogen and oxygen atoms in total. The van der Waals surface area contributed by atoms with Gasteiger partial charge in [0.1, 0.15) is 0 Å². The zero-order chi connectivity index (χ0) is 92.1. The molecule has 0 fully saturated rings. The first-order valence-electron chi connectivity index (χ1n) is 46.7. The van der Waals surface area contributed by atoms with Crippen molar-refractivity contribution in [1.82, 2.24) is 29.9 Å². The second-order valence-electron chi connectivity index (χ2n) is 34.4. The maximum Gasteiger partial charge on any atom is 0.0716 e. The van der Waals surface area contributed by atoms with E-state index in [4.69, 9.17) is 29.9 Å². The van der Waals surface area contributed by atoms with Crippen LogP contribution in [-0.2, 0) is 0 Å². The lowest BCUT2D eigenvalue weighted by atomic mass is 9.93. The molecule has 0 N–H and O–H groups in total. The Labute approximate surface area is 804 Å². The highest BCUT2D eigenvalue weighted by Gasteiger charge is 2.21. The summed E-state index contributed by atoms with van der Waals surface area (Å²) in [5.41, 5.74) is 42.3. The summed E-state index contributed by atoms with van der Waals surface area (Å²) in [5.74, 6) is 0. The fourth-order valence-corrected chi connectivity index (χ4v) is 18.3. The summed E-state index contributed by atoms with van der Waals surface area (Å²) in [6, 6.07) is 192. The van der Waals surface area contributed by atoms with Crippen LogP contribution in [0.5, 0.6) is 0 Å². The quantitative estimate of drug-likeness (QED) is 0.0852. The maximum atomic E-state index is 5.14. The molecular weight excluding hydrogens is 1670 g/mol. The number of benzene rings is 18. The van der Waals surface area contributed by atoms with Crippen molar-refractivity contribution in [2.75, 3.05) is 0 Å². The van der Waals surface area contributed by atoms with E-state index in [0.29, 0.717) is 0 Å². The summed E-state index contributed by atoms with van der Waals surface area (Å²) in [6.07, 6.45) is 0. The highest BCUT2D eigenvalue weighted by Crippen LogP contribution is 2.44. The van der Waals surface area contributed by atoms with Crippen LogP contribution in [0.1, 0.15) is 0 Å². The minimum atomic E-state index is 0.947. The average Bonchev–Trinajstić information content (AvgIpc) is 0.772. The first kappa shape index (κ1) is 85.1. The lowest BCUT2D eigenvalue weighted by Gasteiger charge is -2.14. The van der Waals surface area contributed by atoms with Crippen molar-refractivity contribution in [3.63, 3.8) is 0 Å². The Bertz CT molecular complexity index is 7870. The van der Waals surface area contributed by atoms with Crippen LogP contribution in [0.4, 0.5) is 0 Å². The molecule has 648 valence electrons. The van der Waals surface area contributed by atoms with Gasteiger partial charge >= 0.3 is 0 Å². The van der Waals surface area contributed by atoms with E-state index in [2.05, 4.69) is 497 Å². The van der Waals surface area contributed by atoms with Crippen molar-refractivity contribution in [1.29, 1.82) is 0 Å². The van der Waals surface area contributed by atoms with Crippen LogP contribution in [0.15, 0.2) is 546 Å². The number of hydrogen-bond acceptors (Lipinski definition) is 6. The van der Waals surface area contributed by atoms with Gasteiger partial charge in [-0.3, -0.25) is 0 Å². The molecule has 0 spiro atoms. The third-order valence-electron chi connectivity index (χ3n) is 25.4. The van der Waals surface area contributed by atoms with Gasteiger partial charge in [0, 0.05) is 66.2 Å². The van der Waals surface area contributed by atoms with E-state index in [0.717, 1.165) is 195 Å². The molecule has 0 aliphatic rings. The topological polar surface area (TPSA) is 77.3 Å². The van der Waals surface area contributed by atoms with E-state index in [1.165, 1.54) is 38.9 Å². The van der Waals surface area contributed by atoms with Gasteiger partial charge in [-0.15, -0.1) is 0 Å². The average molecular weight is 1760 g/mol. The van der Waals surface area contributed by atoms with Crippen LogP contribution >= 0.6 is 0 Å². The van der Waals surface area contributed by atoms with E-state index in [-0.39, 0.29) is 0 Å². The largest absolute Gasteiger partial charge is 0.248 e. The number of rotatable bonds is 18. The molecule has 0 bridgehead atoms. The van der Waals surface area contributed by atoms with Crippen molar-refractivity contribution in [2.45, 2.75) is 0 Å². The fourth-order valence-electron chi connectivity index (χ4n) is 18.3. The molecule has 0 saturated heterocycles. The minimum Gasteiger partial charge on any atom is -0.248 e. The van der Waals surface area contributed by atoms with Gasteiger partial charge in [0.15, 0.2) is 0 Å². The van der Waals surface area contributed by atoms with Gasteiger partial charge in [0.2, 0.25) is 0 Å². The van der Waals surface area contributed by atoms with Gasteiger partial charge in [0.25, 0.3) is 0 Å². The summed E-state index contributed by atoms with van der Waals surface area (Å²) in [6.45, 7) is 0. The molecule has 6 heterocycles. The van der Waals surface area contributed by atoms with Crippen molar-refractivity contribution < 1.29 is 0 Å². The molecule has 6 heteroatoms. The van der Waals surface area contributed by atoms with E-state index in [9.17, 15) is 0 Å². The van der Waals surface area contributed by atoms with E-state index < -0.39 is 0 Å². The van der Waals surface area contributed by atoms with Crippen molar-refractivity contribution in [2.24, 2.45) is 0 Å². The number of hydrogen-bond donors (Lipinski definition) is 0. The van der Waals surface area contributed by atoms with Gasteiger partial charge in [0.05, 0.1) is 67.8 Å². The van der Waals surface area contributed by atoms with Gasteiger partial charge in [-0.2, -0.15) is 0 Å². The summed E-state index contributed by atoms with van der Waals surface area (Å²) in [5, 5.41) is 3.39. The van der Waals surface area contributed by atoms with Crippen molar-refractivity contribution in [3.8, 4) is 201 Å². The Morgan fingerprint density at radius 2 is 0.246 bits per heavy atom. The lowest BCUT2D eigenvalue weighted by Crippen LogP contribution is -1.93. The van der Waals surface area contributed by atoms with Crippen molar-refractivity contribution in [3.05, 3.63) is 546 Å².